The molecular formula is C13H14N6O3S. The van der Waals surface area contributed by atoms with Gasteiger partial charge in [0.15, 0.2) is 10.9 Å². The van der Waals surface area contributed by atoms with Crippen LogP contribution in [0.5, 0.6) is 0 Å². The van der Waals surface area contributed by atoms with Crippen LogP contribution in [0.25, 0.3) is 21.4 Å². The lowest BCUT2D eigenvalue weighted by molar-refractivity contribution is -0.138. The molecule has 0 spiro atoms. The van der Waals surface area contributed by atoms with Crippen LogP contribution in [0.4, 0.5) is 10.9 Å². The van der Waals surface area contributed by atoms with Gasteiger partial charge in [-0.05, 0) is 0 Å². The molecule has 3 N–H and O–H groups in total. The van der Waals surface area contributed by atoms with Crippen molar-refractivity contribution in [3.8, 4) is 0 Å². The van der Waals surface area contributed by atoms with E-state index in [0.717, 1.165) is 5.52 Å². The Morgan fingerprint density at radius 1 is 1.30 bits per heavy atom. The standard InChI is InChI=1S/C13H14N6O3S/c1-14-11-8-10(19(2)5-15-8)9-12(18-11)23-13(17-9)16-6(20)3-4-7(21)22/h5H,3-4H2,1-2H3,(H,14,18)(H,21,22)(H,16,17,20). The predicted octanol–water partition coefficient (Wildman–Crippen LogP) is 1.42. The van der Waals surface area contributed by atoms with Gasteiger partial charge >= 0.3 is 5.97 Å². The third-order valence-corrected chi connectivity index (χ3v) is 4.12. The molecule has 3 aromatic rings. The number of hydrogen-bond acceptors (Lipinski definition) is 7. The molecular weight excluding hydrogens is 320 g/mol. The van der Waals surface area contributed by atoms with Gasteiger partial charge in [-0.15, -0.1) is 0 Å². The van der Waals surface area contributed by atoms with E-state index in [1.165, 1.54) is 11.3 Å². The highest BCUT2D eigenvalue weighted by Gasteiger charge is 2.17. The van der Waals surface area contributed by atoms with Crippen LogP contribution in [-0.4, -0.2) is 43.5 Å². The van der Waals surface area contributed by atoms with Crippen molar-refractivity contribution in [3.63, 3.8) is 0 Å². The second kappa shape index (κ2) is 5.80. The fourth-order valence-electron chi connectivity index (χ4n) is 2.21. The second-order valence-corrected chi connectivity index (χ2v) is 5.86. The number of aryl methyl sites for hydroxylation is 1. The SMILES string of the molecule is CNc1nc2sc(NC(=O)CCC(=O)O)nc2c2c1ncn2C. The van der Waals surface area contributed by atoms with E-state index < -0.39 is 5.97 Å². The van der Waals surface area contributed by atoms with E-state index in [9.17, 15) is 9.59 Å². The first-order valence-corrected chi connectivity index (χ1v) is 7.62. The molecule has 9 nitrogen and oxygen atoms in total. The van der Waals surface area contributed by atoms with Gasteiger partial charge in [0, 0.05) is 20.5 Å². The van der Waals surface area contributed by atoms with Gasteiger partial charge in [0.05, 0.1) is 12.7 Å². The molecule has 0 saturated carbocycles. The number of amides is 1. The Bertz CT molecular complexity index is 915. The fraction of sp³-hybridized carbons (Fsp3) is 0.308. The lowest BCUT2D eigenvalue weighted by atomic mass is 10.3. The van der Waals surface area contributed by atoms with Gasteiger partial charge in [0.25, 0.3) is 0 Å². The molecule has 0 aliphatic carbocycles. The molecule has 120 valence electrons. The number of nitrogens with zero attached hydrogens (tertiary/aromatic N) is 4. The van der Waals surface area contributed by atoms with Crippen molar-refractivity contribution >= 4 is 55.5 Å². The quantitative estimate of drug-likeness (QED) is 0.645. The minimum Gasteiger partial charge on any atom is -0.481 e. The molecule has 10 heteroatoms. The fourth-order valence-corrected chi connectivity index (χ4v) is 3.07. The minimum absolute atomic E-state index is 0.0957. The average Bonchev–Trinajstić information content (AvgIpc) is 3.07. The van der Waals surface area contributed by atoms with Crippen LogP contribution in [0.2, 0.25) is 0 Å². The molecule has 3 aromatic heterocycles. The molecule has 23 heavy (non-hydrogen) atoms. The topological polar surface area (TPSA) is 122 Å². The summed E-state index contributed by atoms with van der Waals surface area (Å²) in [5.74, 6) is -0.761. The lowest BCUT2D eigenvalue weighted by Gasteiger charge is -2.01. The molecule has 3 heterocycles. The molecule has 0 radical (unpaired) electrons. The van der Waals surface area contributed by atoms with E-state index >= 15 is 0 Å². The number of carbonyl (C=O) groups is 2. The maximum Gasteiger partial charge on any atom is 0.303 e. The number of carboxylic acid groups (broad SMARTS) is 1. The number of anilines is 2. The Balaban J connectivity index is 1.98. The number of thiazole rings is 1. The van der Waals surface area contributed by atoms with Crippen LogP contribution in [0.3, 0.4) is 0 Å². The Morgan fingerprint density at radius 2 is 2.09 bits per heavy atom. The van der Waals surface area contributed by atoms with E-state index in [2.05, 4.69) is 25.6 Å². The maximum atomic E-state index is 11.7. The van der Waals surface area contributed by atoms with Gasteiger partial charge in [0.1, 0.15) is 21.4 Å². The van der Waals surface area contributed by atoms with Crippen LogP contribution >= 0.6 is 11.3 Å². The normalized spacial score (nSPS) is 11.0. The predicted molar refractivity (Wildman–Crippen MR) is 86.7 cm³/mol. The van der Waals surface area contributed by atoms with E-state index in [4.69, 9.17) is 5.11 Å². The summed E-state index contributed by atoms with van der Waals surface area (Å²) < 4.78 is 1.84. The average molecular weight is 334 g/mol. The molecule has 0 bridgehead atoms. The van der Waals surface area contributed by atoms with Crippen molar-refractivity contribution in [2.24, 2.45) is 7.05 Å². The summed E-state index contributed by atoms with van der Waals surface area (Å²) in [6.45, 7) is 0. The first kappa shape index (κ1) is 15.2. The molecule has 0 unspecified atom stereocenters. The highest BCUT2D eigenvalue weighted by atomic mass is 32.1. The highest BCUT2D eigenvalue weighted by Crippen LogP contribution is 2.32. The van der Waals surface area contributed by atoms with Crippen molar-refractivity contribution in [3.05, 3.63) is 6.33 Å². The van der Waals surface area contributed by atoms with Crippen molar-refractivity contribution in [1.82, 2.24) is 19.5 Å². The van der Waals surface area contributed by atoms with Crippen LogP contribution in [-0.2, 0) is 16.6 Å². The second-order valence-electron chi connectivity index (χ2n) is 4.88. The number of carbonyl (C=O) groups excluding carboxylic acids is 1. The number of carboxylic acids is 1. The summed E-state index contributed by atoms with van der Waals surface area (Å²) >= 11 is 1.23. The highest BCUT2D eigenvalue weighted by molar-refractivity contribution is 7.22. The molecule has 0 aromatic carbocycles. The third-order valence-electron chi connectivity index (χ3n) is 3.26. The molecule has 0 atom stereocenters. The summed E-state index contributed by atoms with van der Waals surface area (Å²) in [6, 6.07) is 0. The third kappa shape index (κ3) is 2.80. The van der Waals surface area contributed by atoms with Crippen LogP contribution in [0.1, 0.15) is 12.8 Å². The Morgan fingerprint density at radius 3 is 2.78 bits per heavy atom. The molecule has 0 fully saturated rings. The van der Waals surface area contributed by atoms with Crippen LogP contribution in [0.15, 0.2) is 6.33 Å². The summed E-state index contributed by atoms with van der Waals surface area (Å²) in [5.41, 5.74) is 2.18. The monoisotopic (exact) mass is 334 g/mol. The first-order chi connectivity index (χ1) is 11.0. The number of aliphatic carboxylic acids is 1. The summed E-state index contributed by atoms with van der Waals surface area (Å²) in [4.78, 5) is 36.1. The van der Waals surface area contributed by atoms with Gasteiger partial charge in [0.2, 0.25) is 5.91 Å². The summed E-state index contributed by atoms with van der Waals surface area (Å²) in [6.07, 6.45) is 1.36. The Kier molecular flexibility index (Phi) is 3.82. The van der Waals surface area contributed by atoms with Crippen molar-refractivity contribution in [2.45, 2.75) is 12.8 Å². The molecule has 0 saturated heterocycles. The Labute approximate surface area is 134 Å². The zero-order valence-corrected chi connectivity index (χ0v) is 13.3. The number of rotatable bonds is 5. The number of imidazole rings is 1. The number of nitrogens with one attached hydrogen (secondary N) is 2. The molecule has 1 amide bonds. The van der Waals surface area contributed by atoms with Gasteiger partial charge in [-0.3, -0.25) is 9.59 Å². The first-order valence-electron chi connectivity index (χ1n) is 6.80. The minimum atomic E-state index is -1.01. The van der Waals surface area contributed by atoms with Crippen LogP contribution < -0.4 is 10.6 Å². The van der Waals surface area contributed by atoms with E-state index in [0.29, 0.717) is 26.8 Å². The van der Waals surface area contributed by atoms with Crippen molar-refractivity contribution in [2.75, 3.05) is 17.7 Å². The van der Waals surface area contributed by atoms with Gasteiger partial charge in [-0.25, -0.2) is 15.0 Å². The zero-order valence-electron chi connectivity index (χ0n) is 12.5. The smallest absolute Gasteiger partial charge is 0.303 e. The number of pyridine rings is 1. The molecule has 0 aliphatic heterocycles. The van der Waals surface area contributed by atoms with Gasteiger partial charge in [-0.1, -0.05) is 11.3 Å². The van der Waals surface area contributed by atoms with E-state index in [1.807, 2.05) is 11.6 Å². The molecule has 0 aliphatic rings. The number of aromatic nitrogens is 4. The van der Waals surface area contributed by atoms with E-state index in [-0.39, 0.29) is 18.7 Å². The van der Waals surface area contributed by atoms with E-state index in [1.54, 1.807) is 13.4 Å². The maximum absolute atomic E-state index is 11.7. The molecule has 3 rings (SSSR count). The number of hydrogen-bond donors (Lipinski definition) is 3. The van der Waals surface area contributed by atoms with Gasteiger partial charge < -0.3 is 20.3 Å². The van der Waals surface area contributed by atoms with Crippen LogP contribution in [0, 0.1) is 0 Å². The van der Waals surface area contributed by atoms with Crippen molar-refractivity contribution in [1.29, 1.82) is 0 Å². The Hall–Kier alpha value is -2.75. The lowest BCUT2D eigenvalue weighted by Crippen LogP contribution is -2.12. The number of fused-ring (bicyclic) bond motifs is 3. The van der Waals surface area contributed by atoms with Crippen molar-refractivity contribution < 1.29 is 14.7 Å². The zero-order chi connectivity index (χ0) is 16.6. The summed E-state index contributed by atoms with van der Waals surface area (Å²) in [7, 11) is 3.62. The van der Waals surface area contributed by atoms with Gasteiger partial charge in [-0.2, -0.15) is 0 Å². The largest absolute Gasteiger partial charge is 0.481 e. The summed E-state index contributed by atoms with van der Waals surface area (Å²) in [5, 5.41) is 14.6.